The summed E-state index contributed by atoms with van der Waals surface area (Å²) in [5.74, 6) is 1.45. The molecule has 0 radical (unpaired) electrons. The van der Waals surface area contributed by atoms with Crippen LogP contribution in [-0.4, -0.2) is 27.0 Å². The number of amides is 1. The van der Waals surface area contributed by atoms with Crippen LogP contribution in [0.3, 0.4) is 0 Å². The van der Waals surface area contributed by atoms with E-state index in [2.05, 4.69) is 25.9 Å². The summed E-state index contributed by atoms with van der Waals surface area (Å²) in [5, 5.41) is 2.99. The Balaban J connectivity index is 1.32. The first-order valence-corrected chi connectivity index (χ1v) is 10.0. The van der Waals surface area contributed by atoms with Gasteiger partial charge < -0.3 is 14.6 Å². The topological polar surface area (TPSA) is 69.0 Å². The van der Waals surface area contributed by atoms with E-state index in [1.807, 2.05) is 55.6 Å². The molecule has 0 bridgehead atoms. The van der Waals surface area contributed by atoms with Crippen LogP contribution >= 0.6 is 0 Å². The number of carbonyl (C=O) groups is 1. The van der Waals surface area contributed by atoms with Crippen LogP contribution in [0.5, 0.6) is 5.75 Å². The molecule has 2 aromatic heterocycles. The standard InChI is InChI=1S/C24H24N4O2/c1-28-21-11-4-3-10-20(21)27-23(28)13-7-15-26-24(29)19-9-2-5-12-22(19)30-17-18-8-6-14-25-16-18/h2-6,8-12,14,16H,7,13,15,17H2,1H3,(H,26,29). The SMILES string of the molecule is Cn1c(CCCNC(=O)c2ccccc2OCc2cccnc2)nc2ccccc21. The van der Waals surface area contributed by atoms with E-state index in [0.29, 0.717) is 24.5 Å². The quantitative estimate of drug-likeness (QED) is 0.455. The second kappa shape index (κ2) is 9.22. The number of rotatable bonds is 8. The predicted molar refractivity (Wildman–Crippen MR) is 116 cm³/mol. The molecular formula is C24H24N4O2. The number of nitrogens with one attached hydrogen (secondary N) is 1. The fourth-order valence-corrected chi connectivity index (χ4v) is 3.39. The Labute approximate surface area is 175 Å². The number of pyridine rings is 1. The van der Waals surface area contributed by atoms with Crippen molar-refractivity contribution in [1.82, 2.24) is 19.9 Å². The normalized spacial score (nSPS) is 10.8. The van der Waals surface area contributed by atoms with Gasteiger partial charge in [-0.25, -0.2) is 4.98 Å². The Kier molecular flexibility index (Phi) is 6.03. The lowest BCUT2D eigenvalue weighted by atomic mass is 10.2. The first kappa shape index (κ1) is 19.6. The van der Waals surface area contributed by atoms with E-state index in [4.69, 9.17) is 4.74 Å². The van der Waals surface area contributed by atoms with Gasteiger partial charge in [-0.05, 0) is 36.8 Å². The van der Waals surface area contributed by atoms with Crippen molar-refractivity contribution in [2.45, 2.75) is 19.4 Å². The van der Waals surface area contributed by atoms with Gasteiger partial charge in [0, 0.05) is 38.0 Å². The molecule has 30 heavy (non-hydrogen) atoms. The van der Waals surface area contributed by atoms with Crippen LogP contribution in [0.4, 0.5) is 0 Å². The van der Waals surface area contributed by atoms with Gasteiger partial charge in [-0.1, -0.05) is 30.3 Å². The number of fused-ring (bicyclic) bond motifs is 1. The predicted octanol–water partition coefficient (Wildman–Crippen LogP) is 3.91. The number of imidazole rings is 1. The van der Waals surface area contributed by atoms with Gasteiger partial charge in [-0.2, -0.15) is 0 Å². The van der Waals surface area contributed by atoms with E-state index in [1.165, 1.54) is 0 Å². The second-order valence-corrected chi connectivity index (χ2v) is 7.08. The molecule has 0 aliphatic heterocycles. The first-order valence-electron chi connectivity index (χ1n) is 10.0. The van der Waals surface area contributed by atoms with Crippen LogP contribution in [0.25, 0.3) is 11.0 Å². The molecule has 0 aliphatic rings. The molecule has 4 rings (SSSR count). The van der Waals surface area contributed by atoms with E-state index in [-0.39, 0.29) is 5.91 Å². The van der Waals surface area contributed by atoms with Gasteiger partial charge in [0.1, 0.15) is 18.2 Å². The Bertz CT molecular complexity index is 1140. The Morgan fingerprint density at radius 3 is 2.73 bits per heavy atom. The molecule has 0 fully saturated rings. The number of hydrogen-bond donors (Lipinski definition) is 1. The third-order valence-corrected chi connectivity index (χ3v) is 4.99. The summed E-state index contributed by atoms with van der Waals surface area (Å²) in [6.07, 6.45) is 5.08. The number of para-hydroxylation sites is 3. The van der Waals surface area contributed by atoms with Crippen LogP contribution in [0.1, 0.15) is 28.2 Å². The zero-order chi connectivity index (χ0) is 20.8. The maximum Gasteiger partial charge on any atom is 0.255 e. The highest BCUT2D eigenvalue weighted by atomic mass is 16.5. The fourth-order valence-electron chi connectivity index (χ4n) is 3.39. The maximum atomic E-state index is 12.7. The largest absolute Gasteiger partial charge is 0.488 e. The zero-order valence-electron chi connectivity index (χ0n) is 16.9. The van der Waals surface area contributed by atoms with Gasteiger partial charge in [0.05, 0.1) is 16.6 Å². The van der Waals surface area contributed by atoms with E-state index in [9.17, 15) is 4.79 Å². The third kappa shape index (κ3) is 4.49. The van der Waals surface area contributed by atoms with Crippen molar-refractivity contribution >= 4 is 16.9 Å². The highest BCUT2D eigenvalue weighted by Gasteiger charge is 2.12. The number of hydrogen-bond acceptors (Lipinski definition) is 4. The lowest BCUT2D eigenvalue weighted by Gasteiger charge is -2.11. The number of aromatic nitrogens is 3. The first-order chi connectivity index (χ1) is 14.7. The van der Waals surface area contributed by atoms with Gasteiger partial charge >= 0.3 is 0 Å². The van der Waals surface area contributed by atoms with Crippen LogP contribution < -0.4 is 10.1 Å². The summed E-state index contributed by atoms with van der Waals surface area (Å²) in [7, 11) is 2.03. The molecule has 0 saturated heterocycles. The highest BCUT2D eigenvalue weighted by molar-refractivity contribution is 5.96. The molecule has 1 N–H and O–H groups in total. The summed E-state index contributed by atoms with van der Waals surface area (Å²) in [6, 6.07) is 19.2. The zero-order valence-corrected chi connectivity index (χ0v) is 16.9. The number of benzene rings is 2. The number of aryl methyl sites for hydroxylation is 2. The van der Waals surface area contributed by atoms with Crippen LogP contribution in [0.2, 0.25) is 0 Å². The molecule has 0 aliphatic carbocycles. The monoisotopic (exact) mass is 400 g/mol. The van der Waals surface area contributed by atoms with E-state index >= 15 is 0 Å². The van der Waals surface area contributed by atoms with Gasteiger partial charge in [-0.15, -0.1) is 0 Å². The fraction of sp³-hybridized carbons (Fsp3) is 0.208. The van der Waals surface area contributed by atoms with Crippen molar-refractivity contribution in [1.29, 1.82) is 0 Å². The van der Waals surface area contributed by atoms with Gasteiger partial charge in [0.2, 0.25) is 0 Å². The number of ether oxygens (including phenoxy) is 1. The molecule has 6 nitrogen and oxygen atoms in total. The molecule has 0 unspecified atom stereocenters. The third-order valence-electron chi connectivity index (χ3n) is 4.99. The minimum atomic E-state index is -0.137. The number of carbonyl (C=O) groups excluding carboxylic acids is 1. The lowest BCUT2D eigenvalue weighted by Crippen LogP contribution is -2.25. The molecule has 2 aromatic carbocycles. The molecule has 0 saturated carbocycles. The summed E-state index contributed by atoms with van der Waals surface area (Å²) >= 11 is 0. The number of nitrogens with zero attached hydrogens (tertiary/aromatic N) is 3. The summed E-state index contributed by atoms with van der Waals surface area (Å²) in [5.41, 5.74) is 3.61. The van der Waals surface area contributed by atoms with E-state index < -0.39 is 0 Å². The summed E-state index contributed by atoms with van der Waals surface area (Å²) < 4.78 is 7.97. The van der Waals surface area contributed by atoms with Crippen molar-refractivity contribution in [3.05, 3.63) is 90.0 Å². The molecule has 1 amide bonds. The molecule has 152 valence electrons. The van der Waals surface area contributed by atoms with Gasteiger partial charge in [0.15, 0.2) is 0 Å². The van der Waals surface area contributed by atoms with Crippen LogP contribution in [0.15, 0.2) is 73.1 Å². The molecule has 2 heterocycles. The van der Waals surface area contributed by atoms with Crippen molar-refractivity contribution < 1.29 is 9.53 Å². The Hall–Kier alpha value is -3.67. The molecular weight excluding hydrogens is 376 g/mol. The average Bonchev–Trinajstić information content (AvgIpc) is 3.12. The van der Waals surface area contributed by atoms with Gasteiger partial charge in [0.25, 0.3) is 5.91 Å². The average molecular weight is 400 g/mol. The van der Waals surface area contributed by atoms with Crippen molar-refractivity contribution in [2.75, 3.05) is 6.54 Å². The smallest absolute Gasteiger partial charge is 0.255 e. The van der Waals surface area contributed by atoms with Gasteiger partial charge in [-0.3, -0.25) is 9.78 Å². The lowest BCUT2D eigenvalue weighted by molar-refractivity contribution is 0.0948. The molecule has 4 aromatic rings. The van der Waals surface area contributed by atoms with E-state index in [1.54, 1.807) is 18.5 Å². The Morgan fingerprint density at radius 2 is 1.90 bits per heavy atom. The maximum absolute atomic E-state index is 12.7. The van der Waals surface area contributed by atoms with Crippen molar-refractivity contribution in [2.24, 2.45) is 7.05 Å². The van der Waals surface area contributed by atoms with Crippen molar-refractivity contribution in [3.63, 3.8) is 0 Å². The van der Waals surface area contributed by atoms with Crippen molar-refractivity contribution in [3.8, 4) is 5.75 Å². The van der Waals surface area contributed by atoms with Crippen LogP contribution in [-0.2, 0) is 20.1 Å². The molecule has 0 spiro atoms. The Morgan fingerprint density at radius 1 is 1.07 bits per heavy atom. The molecule has 6 heteroatoms. The van der Waals surface area contributed by atoms with E-state index in [0.717, 1.165) is 35.3 Å². The highest BCUT2D eigenvalue weighted by Crippen LogP contribution is 2.19. The summed E-state index contributed by atoms with van der Waals surface area (Å²) in [4.78, 5) is 21.4. The minimum Gasteiger partial charge on any atom is -0.488 e. The molecule has 0 atom stereocenters. The second-order valence-electron chi connectivity index (χ2n) is 7.08. The minimum absolute atomic E-state index is 0.137. The van der Waals surface area contributed by atoms with Crippen LogP contribution in [0, 0.1) is 0 Å². The summed E-state index contributed by atoms with van der Waals surface area (Å²) in [6.45, 7) is 0.934.